The standard InChI is InChI=1S/C20H25F2N5O2S/c1-15-5-2-3-10-27(15)19-9-8-18(23-24-19)25-11-13-26(14-12-25)30(28,29)20-16(21)6-4-7-17(20)22/h4,6-9,15H,2-3,5,10-14H2,1H3. The molecule has 0 radical (unpaired) electrons. The van der Waals surface area contributed by atoms with Crippen molar-refractivity contribution in [1.29, 1.82) is 0 Å². The second-order valence-corrected chi connectivity index (χ2v) is 9.60. The van der Waals surface area contributed by atoms with Crippen LogP contribution in [0.25, 0.3) is 0 Å². The van der Waals surface area contributed by atoms with Crippen molar-refractivity contribution in [2.45, 2.75) is 37.1 Å². The van der Waals surface area contributed by atoms with Crippen LogP contribution in [0, 0.1) is 11.6 Å². The molecule has 1 aromatic carbocycles. The summed E-state index contributed by atoms with van der Waals surface area (Å²) in [6, 6.07) is 7.33. The fourth-order valence-corrected chi connectivity index (χ4v) is 5.63. The zero-order chi connectivity index (χ0) is 21.3. The van der Waals surface area contributed by atoms with Crippen LogP contribution in [0.5, 0.6) is 0 Å². The van der Waals surface area contributed by atoms with Crippen molar-refractivity contribution >= 4 is 21.7 Å². The highest BCUT2D eigenvalue weighted by atomic mass is 32.2. The third-order valence-electron chi connectivity index (χ3n) is 5.81. The van der Waals surface area contributed by atoms with Crippen molar-refractivity contribution in [3.05, 3.63) is 42.0 Å². The maximum Gasteiger partial charge on any atom is 0.249 e. The fourth-order valence-electron chi connectivity index (χ4n) is 4.09. The van der Waals surface area contributed by atoms with E-state index >= 15 is 0 Å². The minimum atomic E-state index is -4.24. The summed E-state index contributed by atoms with van der Waals surface area (Å²) in [4.78, 5) is 3.30. The lowest BCUT2D eigenvalue weighted by Gasteiger charge is -2.35. The van der Waals surface area contributed by atoms with E-state index in [1.807, 2.05) is 17.0 Å². The van der Waals surface area contributed by atoms with Gasteiger partial charge in [0.15, 0.2) is 16.5 Å². The molecule has 2 aliphatic rings. The van der Waals surface area contributed by atoms with Gasteiger partial charge in [-0.1, -0.05) is 6.07 Å². The van der Waals surface area contributed by atoms with Gasteiger partial charge in [0.05, 0.1) is 0 Å². The zero-order valence-corrected chi connectivity index (χ0v) is 17.7. The van der Waals surface area contributed by atoms with Crippen LogP contribution >= 0.6 is 0 Å². The van der Waals surface area contributed by atoms with Crippen LogP contribution in [0.2, 0.25) is 0 Å². The van der Waals surface area contributed by atoms with E-state index in [0.717, 1.165) is 47.7 Å². The van der Waals surface area contributed by atoms with Gasteiger partial charge in [-0.2, -0.15) is 4.31 Å². The van der Waals surface area contributed by atoms with Crippen LogP contribution in [-0.2, 0) is 10.0 Å². The average Bonchev–Trinajstić information content (AvgIpc) is 2.74. The average molecular weight is 438 g/mol. The number of sulfonamides is 1. The lowest BCUT2D eigenvalue weighted by atomic mass is 10.0. The number of halogens is 2. The van der Waals surface area contributed by atoms with Crippen LogP contribution in [0.1, 0.15) is 26.2 Å². The Labute approximate surface area is 175 Å². The van der Waals surface area contributed by atoms with Gasteiger partial charge >= 0.3 is 0 Å². The molecule has 2 aliphatic heterocycles. The van der Waals surface area contributed by atoms with E-state index < -0.39 is 26.6 Å². The van der Waals surface area contributed by atoms with Gasteiger partial charge in [0.2, 0.25) is 10.0 Å². The molecular weight excluding hydrogens is 412 g/mol. The summed E-state index contributed by atoms with van der Waals surface area (Å²) < 4.78 is 54.5. The Bertz CT molecular complexity index is 975. The summed E-state index contributed by atoms with van der Waals surface area (Å²) in [5.41, 5.74) is 0. The summed E-state index contributed by atoms with van der Waals surface area (Å²) in [5, 5.41) is 8.70. The summed E-state index contributed by atoms with van der Waals surface area (Å²) in [5.74, 6) is -0.642. The number of benzene rings is 1. The first-order valence-electron chi connectivity index (χ1n) is 10.2. The van der Waals surface area contributed by atoms with E-state index in [0.29, 0.717) is 24.9 Å². The Morgan fingerprint density at radius 2 is 1.53 bits per heavy atom. The topological polar surface area (TPSA) is 69.6 Å². The van der Waals surface area contributed by atoms with E-state index in [1.165, 1.54) is 6.42 Å². The van der Waals surface area contributed by atoms with E-state index in [9.17, 15) is 17.2 Å². The van der Waals surface area contributed by atoms with Crippen molar-refractivity contribution in [2.24, 2.45) is 0 Å². The van der Waals surface area contributed by atoms with Crippen LogP contribution in [0.15, 0.2) is 35.2 Å². The Kier molecular flexibility index (Phi) is 5.88. The molecule has 30 heavy (non-hydrogen) atoms. The second-order valence-electron chi connectivity index (χ2n) is 7.73. The van der Waals surface area contributed by atoms with Gasteiger partial charge in [-0.05, 0) is 50.5 Å². The largest absolute Gasteiger partial charge is 0.352 e. The van der Waals surface area contributed by atoms with Crippen molar-refractivity contribution < 1.29 is 17.2 Å². The Balaban J connectivity index is 1.43. The van der Waals surface area contributed by atoms with E-state index in [1.54, 1.807) is 0 Å². The van der Waals surface area contributed by atoms with Gasteiger partial charge in [0, 0.05) is 38.8 Å². The molecule has 0 saturated carbocycles. The first-order chi connectivity index (χ1) is 14.4. The highest BCUT2D eigenvalue weighted by Crippen LogP contribution is 2.26. The predicted molar refractivity (Wildman–Crippen MR) is 110 cm³/mol. The summed E-state index contributed by atoms with van der Waals surface area (Å²) in [6.07, 6.45) is 3.52. The molecule has 0 amide bonds. The van der Waals surface area contributed by atoms with Crippen molar-refractivity contribution in [3.63, 3.8) is 0 Å². The maximum absolute atomic E-state index is 14.0. The smallest absolute Gasteiger partial charge is 0.249 e. The molecule has 10 heteroatoms. The van der Waals surface area contributed by atoms with E-state index in [-0.39, 0.29) is 13.1 Å². The monoisotopic (exact) mass is 437 g/mol. The van der Waals surface area contributed by atoms with Crippen LogP contribution in [0.3, 0.4) is 0 Å². The minimum absolute atomic E-state index is 0.114. The van der Waals surface area contributed by atoms with Crippen LogP contribution in [-0.4, -0.2) is 61.7 Å². The quantitative estimate of drug-likeness (QED) is 0.733. The number of anilines is 2. The van der Waals surface area contributed by atoms with Crippen LogP contribution < -0.4 is 9.80 Å². The van der Waals surface area contributed by atoms with Gasteiger partial charge in [0.25, 0.3) is 0 Å². The maximum atomic E-state index is 14.0. The van der Waals surface area contributed by atoms with Crippen molar-refractivity contribution in [3.8, 4) is 0 Å². The molecule has 1 aromatic heterocycles. The Morgan fingerprint density at radius 1 is 0.900 bits per heavy atom. The molecule has 0 bridgehead atoms. The van der Waals surface area contributed by atoms with E-state index in [4.69, 9.17) is 0 Å². The number of rotatable bonds is 4. The van der Waals surface area contributed by atoms with Crippen molar-refractivity contribution in [1.82, 2.24) is 14.5 Å². The number of hydrogen-bond acceptors (Lipinski definition) is 6. The summed E-state index contributed by atoms with van der Waals surface area (Å²) >= 11 is 0. The zero-order valence-electron chi connectivity index (χ0n) is 16.8. The number of piperidine rings is 1. The van der Waals surface area contributed by atoms with Crippen LogP contribution in [0.4, 0.5) is 20.4 Å². The van der Waals surface area contributed by atoms with Gasteiger partial charge < -0.3 is 9.80 Å². The first kappa shape index (κ1) is 20.9. The highest BCUT2D eigenvalue weighted by molar-refractivity contribution is 7.89. The molecule has 2 fully saturated rings. The fraction of sp³-hybridized carbons (Fsp3) is 0.500. The lowest BCUT2D eigenvalue weighted by molar-refractivity contribution is 0.377. The van der Waals surface area contributed by atoms with Gasteiger partial charge in [0.1, 0.15) is 11.6 Å². The lowest BCUT2D eigenvalue weighted by Crippen LogP contribution is -2.49. The summed E-state index contributed by atoms with van der Waals surface area (Å²) in [6.45, 7) is 4.11. The Hall–Kier alpha value is -2.33. The molecule has 0 aliphatic carbocycles. The molecule has 7 nitrogen and oxygen atoms in total. The third-order valence-corrected chi connectivity index (χ3v) is 7.76. The SMILES string of the molecule is CC1CCCCN1c1ccc(N2CCN(S(=O)(=O)c3c(F)cccc3F)CC2)nn1. The molecule has 1 atom stereocenters. The predicted octanol–water partition coefficient (Wildman–Crippen LogP) is 2.64. The van der Waals surface area contributed by atoms with Crippen molar-refractivity contribution in [2.75, 3.05) is 42.5 Å². The second kappa shape index (κ2) is 8.43. The first-order valence-corrected chi connectivity index (χ1v) is 11.6. The Morgan fingerprint density at radius 3 is 2.13 bits per heavy atom. The number of nitrogens with zero attached hydrogens (tertiary/aromatic N) is 5. The molecular formula is C20H25F2N5O2S. The van der Waals surface area contributed by atoms with Gasteiger partial charge in [-0.25, -0.2) is 17.2 Å². The minimum Gasteiger partial charge on any atom is -0.352 e. The highest BCUT2D eigenvalue weighted by Gasteiger charge is 2.33. The molecule has 2 aromatic rings. The number of hydrogen-bond donors (Lipinski definition) is 0. The molecule has 162 valence electrons. The van der Waals surface area contributed by atoms with Gasteiger partial charge in [-0.3, -0.25) is 0 Å². The van der Waals surface area contributed by atoms with E-state index in [2.05, 4.69) is 22.0 Å². The summed E-state index contributed by atoms with van der Waals surface area (Å²) in [7, 11) is -4.24. The number of aromatic nitrogens is 2. The molecule has 2 saturated heterocycles. The number of piperazine rings is 1. The molecule has 0 spiro atoms. The normalized spacial score (nSPS) is 21.1. The molecule has 4 rings (SSSR count). The molecule has 1 unspecified atom stereocenters. The van der Waals surface area contributed by atoms with Gasteiger partial charge in [-0.15, -0.1) is 10.2 Å². The third kappa shape index (κ3) is 3.98. The molecule has 3 heterocycles. The molecule has 0 N–H and O–H groups in total.